The Bertz CT molecular complexity index is 566. The average Bonchev–Trinajstić information content (AvgIpc) is 2.29. The minimum atomic E-state index is -0.617. The molecule has 0 radical (unpaired) electrons. The topological polar surface area (TPSA) is 82.3 Å². The number of nitrogens with two attached hydrogens (primary N) is 1. The van der Waals surface area contributed by atoms with Crippen molar-refractivity contribution in [1.29, 1.82) is 0 Å². The number of hydrogen-bond donors (Lipinski definition) is 1. The van der Waals surface area contributed by atoms with E-state index in [-0.39, 0.29) is 5.69 Å². The van der Waals surface area contributed by atoms with Gasteiger partial charge < -0.3 is 10.5 Å². The van der Waals surface area contributed by atoms with Crippen LogP contribution >= 0.6 is 0 Å². The van der Waals surface area contributed by atoms with Crippen molar-refractivity contribution < 1.29 is 14.3 Å². The molecule has 1 aromatic carbocycles. The number of nitrogens with zero attached hydrogens (tertiary/aromatic N) is 1. The average molecular weight is 216 g/mol. The van der Waals surface area contributed by atoms with E-state index in [0.717, 1.165) is 0 Å². The van der Waals surface area contributed by atoms with Crippen LogP contribution in [0.15, 0.2) is 30.5 Å². The SMILES string of the molecule is NC(=O)c1nccc2c(OC=O)cccc12. The Balaban J connectivity index is 2.75. The van der Waals surface area contributed by atoms with Crippen molar-refractivity contribution in [3.05, 3.63) is 36.2 Å². The Labute approximate surface area is 90.8 Å². The van der Waals surface area contributed by atoms with Gasteiger partial charge in [0.05, 0.1) is 0 Å². The van der Waals surface area contributed by atoms with Gasteiger partial charge in [-0.1, -0.05) is 12.1 Å². The molecule has 0 saturated carbocycles. The van der Waals surface area contributed by atoms with Crippen molar-refractivity contribution in [2.24, 2.45) is 5.73 Å². The Kier molecular flexibility index (Phi) is 2.51. The van der Waals surface area contributed by atoms with Gasteiger partial charge in [0.1, 0.15) is 11.4 Å². The second-order valence-corrected chi connectivity index (χ2v) is 3.09. The predicted octanol–water partition coefficient (Wildman–Crippen LogP) is 0.869. The fraction of sp³-hybridized carbons (Fsp3) is 0. The van der Waals surface area contributed by atoms with Gasteiger partial charge in [0.2, 0.25) is 0 Å². The summed E-state index contributed by atoms with van der Waals surface area (Å²) in [4.78, 5) is 25.3. The van der Waals surface area contributed by atoms with Crippen molar-refractivity contribution in [1.82, 2.24) is 4.98 Å². The number of rotatable bonds is 3. The van der Waals surface area contributed by atoms with Crippen molar-refractivity contribution in [3.63, 3.8) is 0 Å². The monoisotopic (exact) mass is 216 g/mol. The first-order valence-electron chi connectivity index (χ1n) is 4.52. The molecule has 2 N–H and O–H groups in total. The number of amides is 1. The normalized spacial score (nSPS) is 10.0. The number of benzene rings is 1. The van der Waals surface area contributed by atoms with Gasteiger partial charge >= 0.3 is 0 Å². The standard InChI is InChI=1S/C11H8N2O3/c12-11(15)10-8-2-1-3-9(16-6-14)7(8)4-5-13-10/h1-6H,(H2,12,15). The molecule has 0 aliphatic rings. The first kappa shape index (κ1) is 10.1. The van der Waals surface area contributed by atoms with Crippen LogP contribution in [0.25, 0.3) is 10.8 Å². The Morgan fingerprint density at radius 1 is 1.31 bits per heavy atom. The summed E-state index contributed by atoms with van der Waals surface area (Å²) < 4.78 is 4.79. The highest BCUT2D eigenvalue weighted by Gasteiger charge is 2.10. The minimum Gasteiger partial charge on any atom is -0.428 e. The molecule has 0 atom stereocenters. The first-order valence-corrected chi connectivity index (χ1v) is 4.52. The lowest BCUT2D eigenvalue weighted by Gasteiger charge is -2.05. The van der Waals surface area contributed by atoms with Gasteiger partial charge in [0.25, 0.3) is 12.4 Å². The molecule has 1 aromatic heterocycles. The molecule has 5 heteroatoms. The number of primary amides is 1. The Morgan fingerprint density at radius 2 is 2.12 bits per heavy atom. The minimum absolute atomic E-state index is 0.161. The molecule has 2 aromatic rings. The molecule has 2 rings (SSSR count). The summed E-state index contributed by atoms with van der Waals surface area (Å²) in [5.41, 5.74) is 5.35. The maximum Gasteiger partial charge on any atom is 0.298 e. The summed E-state index contributed by atoms with van der Waals surface area (Å²) >= 11 is 0. The van der Waals surface area contributed by atoms with Gasteiger partial charge in [0, 0.05) is 17.0 Å². The number of aromatic nitrogens is 1. The zero-order valence-corrected chi connectivity index (χ0v) is 8.21. The molecule has 1 amide bonds. The van der Waals surface area contributed by atoms with Crippen molar-refractivity contribution in [2.45, 2.75) is 0 Å². The van der Waals surface area contributed by atoms with Gasteiger partial charge in [-0.25, -0.2) is 0 Å². The van der Waals surface area contributed by atoms with Crippen LogP contribution in [0.1, 0.15) is 10.5 Å². The number of carbonyl (C=O) groups is 2. The maximum absolute atomic E-state index is 11.1. The molecule has 5 nitrogen and oxygen atoms in total. The van der Waals surface area contributed by atoms with Crippen LogP contribution in [0.4, 0.5) is 0 Å². The second kappa shape index (κ2) is 3.98. The van der Waals surface area contributed by atoms with Gasteiger partial charge in [-0.3, -0.25) is 14.6 Å². The molecule has 0 spiro atoms. The van der Waals surface area contributed by atoms with E-state index in [1.807, 2.05) is 0 Å². The van der Waals surface area contributed by atoms with Crippen molar-refractivity contribution in [3.8, 4) is 5.75 Å². The van der Waals surface area contributed by atoms with Gasteiger partial charge in [0.15, 0.2) is 0 Å². The highest BCUT2D eigenvalue weighted by molar-refractivity contribution is 6.06. The molecule has 0 saturated heterocycles. The fourth-order valence-corrected chi connectivity index (χ4v) is 1.53. The summed E-state index contributed by atoms with van der Waals surface area (Å²) in [6, 6.07) is 6.64. The molecule has 0 aliphatic carbocycles. The third-order valence-corrected chi connectivity index (χ3v) is 2.17. The van der Waals surface area contributed by atoms with E-state index in [2.05, 4.69) is 4.98 Å². The summed E-state index contributed by atoms with van der Waals surface area (Å²) in [7, 11) is 0. The number of ether oxygens (including phenoxy) is 1. The second-order valence-electron chi connectivity index (χ2n) is 3.09. The van der Waals surface area contributed by atoms with E-state index in [4.69, 9.17) is 10.5 Å². The number of carbonyl (C=O) groups excluding carboxylic acids is 2. The molecule has 0 aliphatic heterocycles. The van der Waals surface area contributed by atoms with E-state index in [0.29, 0.717) is 23.0 Å². The quantitative estimate of drug-likeness (QED) is 0.771. The van der Waals surface area contributed by atoms with Crippen LogP contribution < -0.4 is 10.5 Å². The lowest BCUT2D eigenvalue weighted by Crippen LogP contribution is -2.13. The molecule has 0 unspecified atom stereocenters. The maximum atomic E-state index is 11.1. The predicted molar refractivity (Wildman–Crippen MR) is 57.0 cm³/mol. The van der Waals surface area contributed by atoms with Gasteiger partial charge in [-0.15, -0.1) is 0 Å². The number of fused-ring (bicyclic) bond motifs is 1. The molecular weight excluding hydrogens is 208 g/mol. The summed E-state index contributed by atoms with van der Waals surface area (Å²) in [5, 5.41) is 1.19. The molecule has 1 heterocycles. The fourth-order valence-electron chi connectivity index (χ4n) is 1.53. The van der Waals surface area contributed by atoms with Gasteiger partial charge in [-0.05, 0) is 12.1 Å². The summed E-state index contributed by atoms with van der Waals surface area (Å²) in [6.07, 6.45) is 1.44. The smallest absolute Gasteiger partial charge is 0.298 e. The Hall–Kier alpha value is -2.43. The zero-order chi connectivity index (χ0) is 11.5. The van der Waals surface area contributed by atoms with Gasteiger partial charge in [-0.2, -0.15) is 0 Å². The van der Waals surface area contributed by atoms with Crippen LogP contribution in [-0.2, 0) is 4.79 Å². The van der Waals surface area contributed by atoms with E-state index < -0.39 is 5.91 Å². The highest BCUT2D eigenvalue weighted by Crippen LogP contribution is 2.26. The summed E-state index contributed by atoms with van der Waals surface area (Å²) in [5.74, 6) is -0.244. The zero-order valence-electron chi connectivity index (χ0n) is 8.21. The molecule has 0 fully saturated rings. The van der Waals surface area contributed by atoms with Crippen molar-refractivity contribution in [2.75, 3.05) is 0 Å². The molecule has 80 valence electrons. The third kappa shape index (κ3) is 1.58. The molecular formula is C11H8N2O3. The van der Waals surface area contributed by atoms with Crippen molar-refractivity contribution >= 4 is 23.2 Å². The van der Waals surface area contributed by atoms with Crippen LogP contribution in [-0.4, -0.2) is 17.4 Å². The van der Waals surface area contributed by atoms with E-state index in [1.165, 1.54) is 6.20 Å². The van der Waals surface area contributed by atoms with E-state index in [9.17, 15) is 9.59 Å². The van der Waals surface area contributed by atoms with Crippen LogP contribution in [0.3, 0.4) is 0 Å². The van der Waals surface area contributed by atoms with E-state index >= 15 is 0 Å². The summed E-state index contributed by atoms with van der Waals surface area (Å²) in [6.45, 7) is 0.332. The number of hydrogen-bond acceptors (Lipinski definition) is 4. The lowest BCUT2D eigenvalue weighted by molar-refractivity contribution is -0.120. The third-order valence-electron chi connectivity index (χ3n) is 2.17. The first-order chi connectivity index (χ1) is 7.74. The lowest BCUT2D eigenvalue weighted by atomic mass is 10.1. The highest BCUT2D eigenvalue weighted by atomic mass is 16.5. The van der Waals surface area contributed by atoms with E-state index in [1.54, 1.807) is 24.3 Å². The largest absolute Gasteiger partial charge is 0.428 e. The van der Waals surface area contributed by atoms with Crippen LogP contribution in [0.2, 0.25) is 0 Å². The van der Waals surface area contributed by atoms with Crippen LogP contribution in [0.5, 0.6) is 5.75 Å². The number of pyridine rings is 1. The molecule has 0 bridgehead atoms. The molecule has 16 heavy (non-hydrogen) atoms. The Morgan fingerprint density at radius 3 is 2.81 bits per heavy atom. The van der Waals surface area contributed by atoms with Crippen LogP contribution in [0, 0.1) is 0 Å².